The maximum absolute atomic E-state index is 10.0. The Morgan fingerprint density at radius 1 is 1.38 bits per heavy atom. The van der Waals surface area contributed by atoms with Crippen LogP contribution in [0.25, 0.3) is 0 Å². The Hall–Kier alpha value is -3.27. The zero-order chi connectivity index (χ0) is 20.4. The number of aliphatic hydroxyl groups excluding tert-OH is 1. The van der Waals surface area contributed by atoms with Gasteiger partial charge in [-0.1, -0.05) is 54.1 Å². The van der Waals surface area contributed by atoms with Gasteiger partial charge in [0, 0.05) is 23.2 Å². The highest BCUT2D eigenvalue weighted by Gasteiger charge is 2.29. The fourth-order valence-electron chi connectivity index (χ4n) is 3.38. The smallest absolute Gasteiger partial charge is 0.168 e. The molecule has 3 N–H and O–H groups in total. The second-order valence-corrected chi connectivity index (χ2v) is 7.67. The van der Waals surface area contributed by atoms with Crippen molar-refractivity contribution in [3.63, 3.8) is 0 Å². The molecule has 1 aromatic heterocycles. The minimum Gasteiger partial charge on any atom is -0.392 e. The van der Waals surface area contributed by atoms with E-state index < -0.39 is 0 Å². The fourth-order valence-corrected chi connectivity index (χ4v) is 4.36. The van der Waals surface area contributed by atoms with Crippen molar-refractivity contribution in [2.75, 3.05) is 11.6 Å². The van der Waals surface area contributed by atoms with E-state index in [1.807, 2.05) is 12.2 Å². The summed E-state index contributed by atoms with van der Waals surface area (Å²) in [5.74, 6) is 3.15. The van der Waals surface area contributed by atoms with Crippen LogP contribution in [0.2, 0.25) is 0 Å². The number of hydrogen-bond acceptors (Lipinski definition) is 6. The number of benzene rings is 1. The third-order valence-corrected chi connectivity index (χ3v) is 5.91. The molecule has 0 bridgehead atoms. The third kappa shape index (κ3) is 3.70. The summed E-state index contributed by atoms with van der Waals surface area (Å²) in [7, 11) is 0. The van der Waals surface area contributed by atoms with E-state index in [1.54, 1.807) is 35.1 Å². The van der Waals surface area contributed by atoms with Gasteiger partial charge >= 0.3 is 0 Å². The van der Waals surface area contributed by atoms with Crippen molar-refractivity contribution in [1.82, 2.24) is 9.97 Å². The van der Waals surface area contributed by atoms with Crippen molar-refractivity contribution < 1.29 is 5.11 Å². The highest BCUT2D eigenvalue weighted by Crippen LogP contribution is 2.49. The van der Waals surface area contributed by atoms with Crippen molar-refractivity contribution in [3.8, 4) is 12.3 Å². The summed E-state index contributed by atoms with van der Waals surface area (Å²) in [6.45, 7) is 3.80. The number of hydrogen-bond donors (Lipinski definition) is 2. The van der Waals surface area contributed by atoms with Crippen LogP contribution >= 0.6 is 11.8 Å². The molecule has 0 fully saturated rings. The summed E-state index contributed by atoms with van der Waals surface area (Å²) in [6, 6.07) is 6.28. The Kier molecular flexibility index (Phi) is 5.26. The van der Waals surface area contributed by atoms with E-state index in [1.165, 1.54) is 5.57 Å². The van der Waals surface area contributed by atoms with Crippen molar-refractivity contribution >= 4 is 23.3 Å². The zero-order valence-corrected chi connectivity index (χ0v) is 16.6. The van der Waals surface area contributed by atoms with E-state index in [0.717, 1.165) is 33.2 Å². The van der Waals surface area contributed by atoms with Gasteiger partial charge in [0.1, 0.15) is 11.8 Å². The first-order chi connectivity index (χ1) is 14.2. The van der Waals surface area contributed by atoms with Gasteiger partial charge in [-0.2, -0.15) is 0 Å². The number of aromatic nitrogens is 2. The third-order valence-electron chi connectivity index (χ3n) is 4.86. The Morgan fingerprint density at radius 2 is 2.17 bits per heavy atom. The van der Waals surface area contributed by atoms with E-state index in [2.05, 4.69) is 46.7 Å². The number of terminal acetylenes is 1. The average molecular weight is 401 g/mol. The van der Waals surface area contributed by atoms with E-state index in [4.69, 9.17) is 12.2 Å². The van der Waals surface area contributed by atoms with Crippen LogP contribution in [0.1, 0.15) is 17.9 Å². The molecular weight excluding hydrogens is 380 g/mol. The molecule has 1 aliphatic carbocycles. The summed E-state index contributed by atoms with van der Waals surface area (Å²) in [4.78, 5) is 11.6. The number of aliphatic hydroxyl groups is 1. The van der Waals surface area contributed by atoms with E-state index in [0.29, 0.717) is 11.5 Å². The molecule has 0 saturated carbocycles. The van der Waals surface area contributed by atoms with Gasteiger partial charge in [-0.05, 0) is 35.8 Å². The van der Waals surface area contributed by atoms with Gasteiger partial charge in [-0.15, -0.1) is 6.42 Å². The molecule has 0 amide bonds. The van der Waals surface area contributed by atoms with Gasteiger partial charge in [0.2, 0.25) is 0 Å². The maximum atomic E-state index is 10.0. The lowest BCUT2D eigenvalue weighted by Crippen LogP contribution is -2.23. The zero-order valence-electron chi connectivity index (χ0n) is 15.7. The molecule has 0 spiro atoms. The SMILES string of the molecule is C#C/C(N)=C/C=C(\C=C)C(C1=CC1)c1ccc2c(c1)N(CO)c1nccnc1S2. The lowest BCUT2D eigenvalue weighted by atomic mass is 9.87. The standard InChI is InChI=1S/C23H20N4OS/c1-3-15(7-9-18(24)4-2)21(16-5-6-16)17-8-10-20-19(13-17)27(14-28)22-23(29-20)26-12-11-25-22/h2-3,5,7-13,21,28H,1,6,14,24H2/b15-7+,18-9-. The van der Waals surface area contributed by atoms with Gasteiger partial charge in [-0.25, -0.2) is 9.97 Å². The number of rotatable bonds is 6. The van der Waals surface area contributed by atoms with Crippen LogP contribution in [0.15, 0.2) is 88.2 Å². The van der Waals surface area contributed by atoms with Gasteiger partial charge < -0.3 is 10.8 Å². The minimum atomic E-state index is -0.179. The highest BCUT2D eigenvalue weighted by atomic mass is 32.2. The molecule has 144 valence electrons. The van der Waals surface area contributed by atoms with Crippen LogP contribution in [0.3, 0.4) is 0 Å². The highest BCUT2D eigenvalue weighted by molar-refractivity contribution is 7.99. The first kappa shape index (κ1) is 19.1. The monoisotopic (exact) mass is 400 g/mol. The van der Waals surface area contributed by atoms with Crippen molar-refractivity contribution in [2.45, 2.75) is 22.3 Å². The largest absolute Gasteiger partial charge is 0.392 e. The summed E-state index contributed by atoms with van der Waals surface area (Å²) in [6.07, 6.45) is 17.3. The number of anilines is 2. The summed E-state index contributed by atoms with van der Waals surface area (Å²) in [5, 5.41) is 10.8. The quantitative estimate of drug-likeness (QED) is 0.433. The van der Waals surface area contributed by atoms with Gasteiger partial charge in [0.15, 0.2) is 5.82 Å². The second-order valence-electron chi connectivity index (χ2n) is 6.64. The topological polar surface area (TPSA) is 75.3 Å². The van der Waals surface area contributed by atoms with E-state index in [9.17, 15) is 5.11 Å². The van der Waals surface area contributed by atoms with Gasteiger partial charge in [0.25, 0.3) is 0 Å². The normalized spacial score (nSPS) is 16.3. The molecule has 2 aromatic rings. The van der Waals surface area contributed by atoms with Crippen LogP contribution in [-0.2, 0) is 0 Å². The number of nitrogens with zero attached hydrogens (tertiary/aromatic N) is 3. The molecule has 2 aliphatic rings. The van der Waals surface area contributed by atoms with Gasteiger partial charge in [0.05, 0.1) is 11.4 Å². The minimum absolute atomic E-state index is 0.0634. The van der Waals surface area contributed by atoms with Crippen LogP contribution < -0.4 is 10.6 Å². The molecule has 2 heterocycles. The molecule has 5 nitrogen and oxygen atoms in total. The maximum Gasteiger partial charge on any atom is 0.168 e. The van der Waals surface area contributed by atoms with Crippen LogP contribution in [0, 0.1) is 12.3 Å². The van der Waals surface area contributed by atoms with E-state index in [-0.39, 0.29) is 12.6 Å². The second kappa shape index (κ2) is 8.00. The van der Waals surface area contributed by atoms with Crippen molar-refractivity contribution in [2.24, 2.45) is 5.73 Å². The van der Waals surface area contributed by atoms with E-state index >= 15 is 0 Å². The molecular formula is C23H20N4OS. The van der Waals surface area contributed by atoms with Crippen molar-refractivity contribution in [3.05, 3.63) is 83.9 Å². The molecule has 0 saturated heterocycles. The molecule has 4 rings (SSSR count). The van der Waals surface area contributed by atoms with Crippen molar-refractivity contribution in [1.29, 1.82) is 0 Å². The molecule has 1 atom stereocenters. The number of fused-ring (bicyclic) bond motifs is 2. The summed E-state index contributed by atoms with van der Waals surface area (Å²) < 4.78 is 0. The average Bonchev–Trinajstić information content (AvgIpc) is 3.59. The summed E-state index contributed by atoms with van der Waals surface area (Å²) >= 11 is 1.55. The van der Waals surface area contributed by atoms with Crippen LogP contribution in [-0.4, -0.2) is 21.8 Å². The fraction of sp³-hybridized carbons (Fsp3) is 0.130. The first-order valence-corrected chi connectivity index (χ1v) is 9.94. The summed E-state index contributed by atoms with van der Waals surface area (Å²) in [5.41, 5.74) is 10.5. The predicted octanol–water partition coefficient (Wildman–Crippen LogP) is 4.03. The van der Waals surface area contributed by atoms with Crippen LogP contribution in [0.4, 0.5) is 11.5 Å². The Bertz CT molecular complexity index is 1110. The molecule has 6 heteroatoms. The Morgan fingerprint density at radius 3 is 2.86 bits per heavy atom. The lowest BCUT2D eigenvalue weighted by Gasteiger charge is -2.30. The lowest BCUT2D eigenvalue weighted by molar-refractivity contribution is 0.302. The van der Waals surface area contributed by atoms with Crippen LogP contribution in [0.5, 0.6) is 0 Å². The Labute approximate surface area is 174 Å². The predicted molar refractivity (Wildman–Crippen MR) is 117 cm³/mol. The molecule has 1 aromatic carbocycles. The first-order valence-electron chi connectivity index (χ1n) is 9.12. The molecule has 1 aliphatic heterocycles. The number of allylic oxidation sites excluding steroid dienone is 7. The number of nitrogens with two attached hydrogens (primary N) is 1. The molecule has 0 radical (unpaired) electrons. The molecule has 1 unspecified atom stereocenters. The molecule has 29 heavy (non-hydrogen) atoms. The Balaban J connectivity index is 1.77. The van der Waals surface area contributed by atoms with Gasteiger partial charge in [-0.3, -0.25) is 4.90 Å².